The van der Waals surface area contributed by atoms with E-state index >= 15 is 0 Å². The largest absolute Gasteiger partial charge is 0.377 e. The maximum Gasteiger partial charge on any atom is 0.215 e. The summed E-state index contributed by atoms with van der Waals surface area (Å²) in [7, 11) is -3.11. The molecular formula is C12H24N2O3S. The van der Waals surface area contributed by atoms with Crippen LogP contribution in [0.3, 0.4) is 0 Å². The van der Waals surface area contributed by atoms with Crippen LogP contribution < -0.4 is 5.32 Å². The van der Waals surface area contributed by atoms with Crippen LogP contribution in [0.5, 0.6) is 0 Å². The predicted molar refractivity (Wildman–Crippen MR) is 71.0 cm³/mol. The minimum absolute atomic E-state index is 0.0786. The van der Waals surface area contributed by atoms with E-state index in [1.807, 2.05) is 6.92 Å². The summed E-state index contributed by atoms with van der Waals surface area (Å²) in [6.45, 7) is 4.35. The molecule has 1 saturated carbocycles. The minimum Gasteiger partial charge on any atom is -0.377 e. The summed E-state index contributed by atoms with van der Waals surface area (Å²) >= 11 is 0. The van der Waals surface area contributed by atoms with Crippen LogP contribution in [0.2, 0.25) is 0 Å². The normalized spacial score (nSPS) is 26.4. The molecule has 2 fully saturated rings. The van der Waals surface area contributed by atoms with Gasteiger partial charge in [0.15, 0.2) is 0 Å². The average molecular weight is 276 g/mol. The van der Waals surface area contributed by atoms with Crippen molar-refractivity contribution in [3.8, 4) is 0 Å². The fraction of sp³-hybridized carbons (Fsp3) is 1.00. The van der Waals surface area contributed by atoms with Crippen molar-refractivity contribution in [2.75, 3.05) is 32.0 Å². The summed E-state index contributed by atoms with van der Waals surface area (Å²) in [5.74, 6) is 0.211. The topological polar surface area (TPSA) is 58.6 Å². The Kier molecular flexibility index (Phi) is 5.00. The monoisotopic (exact) mass is 276 g/mol. The van der Waals surface area contributed by atoms with Gasteiger partial charge in [-0.25, -0.2) is 8.42 Å². The second kappa shape index (κ2) is 6.32. The zero-order valence-corrected chi connectivity index (χ0v) is 11.9. The molecule has 1 atom stereocenters. The van der Waals surface area contributed by atoms with Crippen LogP contribution in [-0.2, 0) is 14.8 Å². The minimum atomic E-state index is -3.11. The maximum atomic E-state index is 12.2. The number of nitrogens with one attached hydrogen (secondary N) is 1. The number of piperidine rings is 1. The second-order valence-electron chi connectivity index (χ2n) is 5.12. The Morgan fingerprint density at radius 3 is 2.78 bits per heavy atom. The molecule has 0 aromatic heterocycles. The van der Waals surface area contributed by atoms with Gasteiger partial charge in [0.2, 0.25) is 10.0 Å². The summed E-state index contributed by atoms with van der Waals surface area (Å²) < 4.78 is 31.5. The molecule has 0 spiro atoms. The number of ether oxygens (including phenoxy) is 1. The van der Waals surface area contributed by atoms with Crippen molar-refractivity contribution >= 4 is 10.0 Å². The van der Waals surface area contributed by atoms with Crippen molar-refractivity contribution in [2.45, 2.75) is 44.8 Å². The molecule has 1 heterocycles. The van der Waals surface area contributed by atoms with Gasteiger partial charge in [0.25, 0.3) is 0 Å². The molecule has 0 aromatic carbocycles. The number of hydrogen-bond donors (Lipinski definition) is 1. The molecule has 0 aromatic rings. The molecule has 18 heavy (non-hydrogen) atoms. The molecule has 1 aliphatic carbocycles. The van der Waals surface area contributed by atoms with Crippen molar-refractivity contribution in [1.82, 2.24) is 9.62 Å². The van der Waals surface area contributed by atoms with Crippen molar-refractivity contribution in [1.29, 1.82) is 0 Å². The first kappa shape index (κ1) is 14.2. The van der Waals surface area contributed by atoms with E-state index in [0.29, 0.717) is 32.3 Å². The molecule has 0 bridgehead atoms. The predicted octanol–water partition coefficient (Wildman–Crippen LogP) is 0.569. The zero-order valence-electron chi connectivity index (χ0n) is 11.1. The first-order valence-electron chi connectivity index (χ1n) is 6.94. The highest BCUT2D eigenvalue weighted by molar-refractivity contribution is 7.89. The molecule has 1 saturated heterocycles. The third-order valence-electron chi connectivity index (χ3n) is 3.51. The van der Waals surface area contributed by atoms with E-state index in [2.05, 4.69) is 5.32 Å². The number of rotatable bonds is 7. The Labute approximate surface area is 110 Å². The van der Waals surface area contributed by atoms with Gasteiger partial charge in [0, 0.05) is 32.3 Å². The summed E-state index contributed by atoms with van der Waals surface area (Å²) in [5.41, 5.74) is 0. The van der Waals surface area contributed by atoms with Gasteiger partial charge >= 0.3 is 0 Å². The molecule has 2 aliphatic rings. The first-order chi connectivity index (χ1) is 8.62. The molecule has 1 unspecified atom stereocenters. The highest BCUT2D eigenvalue weighted by atomic mass is 32.2. The van der Waals surface area contributed by atoms with E-state index in [1.54, 1.807) is 4.31 Å². The van der Waals surface area contributed by atoms with Crippen LogP contribution in [0.25, 0.3) is 0 Å². The van der Waals surface area contributed by atoms with Crippen LogP contribution >= 0.6 is 0 Å². The van der Waals surface area contributed by atoms with Gasteiger partial charge in [-0.1, -0.05) is 0 Å². The Morgan fingerprint density at radius 1 is 1.33 bits per heavy atom. The van der Waals surface area contributed by atoms with Crippen LogP contribution in [0.4, 0.5) is 0 Å². The summed E-state index contributed by atoms with van der Waals surface area (Å²) in [5, 5.41) is 3.25. The Balaban J connectivity index is 1.79. The lowest BCUT2D eigenvalue weighted by molar-refractivity contribution is 0.0265. The third kappa shape index (κ3) is 4.19. The van der Waals surface area contributed by atoms with Crippen molar-refractivity contribution in [3.63, 3.8) is 0 Å². The second-order valence-corrected chi connectivity index (χ2v) is 7.21. The van der Waals surface area contributed by atoms with E-state index < -0.39 is 10.0 Å². The first-order valence-corrected chi connectivity index (χ1v) is 8.55. The Bertz CT molecular complexity index is 352. The van der Waals surface area contributed by atoms with Gasteiger partial charge < -0.3 is 10.1 Å². The molecule has 0 radical (unpaired) electrons. The van der Waals surface area contributed by atoms with Crippen molar-refractivity contribution in [2.24, 2.45) is 0 Å². The van der Waals surface area contributed by atoms with Crippen molar-refractivity contribution in [3.05, 3.63) is 0 Å². The average Bonchev–Trinajstić information content (AvgIpc) is 3.14. The van der Waals surface area contributed by atoms with E-state index in [9.17, 15) is 8.42 Å². The number of nitrogens with zero attached hydrogens (tertiary/aromatic N) is 1. The molecule has 1 N–H and O–H groups in total. The fourth-order valence-corrected chi connectivity index (χ4v) is 3.77. The van der Waals surface area contributed by atoms with E-state index in [4.69, 9.17) is 4.74 Å². The van der Waals surface area contributed by atoms with Gasteiger partial charge in [-0.3, -0.25) is 0 Å². The van der Waals surface area contributed by atoms with E-state index in [0.717, 1.165) is 12.8 Å². The van der Waals surface area contributed by atoms with Gasteiger partial charge in [-0.15, -0.1) is 0 Å². The molecule has 5 nitrogen and oxygen atoms in total. The van der Waals surface area contributed by atoms with Crippen LogP contribution in [0.1, 0.15) is 32.6 Å². The summed E-state index contributed by atoms with van der Waals surface area (Å²) in [6, 6.07) is 0.567. The number of hydrogen-bond acceptors (Lipinski definition) is 4. The highest BCUT2D eigenvalue weighted by Gasteiger charge is 2.29. The van der Waals surface area contributed by atoms with Gasteiger partial charge in [-0.05, 0) is 32.6 Å². The highest BCUT2D eigenvalue weighted by Crippen LogP contribution is 2.19. The zero-order chi connectivity index (χ0) is 13.0. The van der Waals surface area contributed by atoms with Crippen LogP contribution in [-0.4, -0.2) is 56.9 Å². The fourth-order valence-electron chi connectivity index (χ4n) is 2.34. The molecule has 2 rings (SSSR count). The summed E-state index contributed by atoms with van der Waals surface area (Å²) in [4.78, 5) is 0. The third-order valence-corrected chi connectivity index (χ3v) is 5.35. The molecule has 106 valence electrons. The number of sulfonamides is 1. The van der Waals surface area contributed by atoms with Gasteiger partial charge in [-0.2, -0.15) is 4.31 Å². The maximum absolute atomic E-state index is 12.2. The molecule has 6 heteroatoms. The molecule has 1 aliphatic heterocycles. The van der Waals surface area contributed by atoms with Crippen LogP contribution in [0.15, 0.2) is 0 Å². The molecular weight excluding hydrogens is 252 g/mol. The Hall–Kier alpha value is -0.170. The lowest BCUT2D eigenvalue weighted by Gasteiger charge is -2.31. The van der Waals surface area contributed by atoms with E-state index in [1.165, 1.54) is 12.8 Å². The van der Waals surface area contributed by atoms with E-state index in [-0.39, 0.29) is 11.9 Å². The Morgan fingerprint density at radius 2 is 2.11 bits per heavy atom. The lowest BCUT2D eigenvalue weighted by Crippen LogP contribution is -2.45. The smallest absolute Gasteiger partial charge is 0.215 e. The van der Waals surface area contributed by atoms with Gasteiger partial charge in [0.1, 0.15) is 0 Å². The summed E-state index contributed by atoms with van der Waals surface area (Å²) in [6.07, 6.45) is 4.34. The molecule has 0 amide bonds. The quantitative estimate of drug-likeness (QED) is 0.738. The van der Waals surface area contributed by atoms with Crippen molar-refractivity contribution < 1.29 is 13.2 Å². The lowest BCUT2D eigenvalue weighted by atomic mass is 10.1. The SMILES string of the molecule is CCOC1CCCN(S(=O)(=O)CCNC2CC2)C1. The van der Waals surface area contributed by atoms with Crippen LogP contribution in [0, 0.1) is 0 Å². The standard InChI is InChI=1S/C12H24N2O3S/c1-2-17-12-4-3-8-14(10-12)18(15,16)9-7-13-11-5-6-11/h11-13H,2-10H2,1H3. The van der Waals surface area contributed by atoms with Gasteiger partial charge in [0.05, 0.1) is 11.9 Å².